The zero-order chi connectivity index (χ0) is 31.4. The predicted octanol–water partition coefficient (Wildman–Crippen LogP) is 2.19. The molecule has 0 aliphatic carbocycles. The first kappa shape index (κ1) is 37.8. The molecule has 0 spiro atoms. The Balaban J connectivity index is 1.19. The highest BCUT2D eigenvalue weighted by atomic mass is 32.2. The lowest BCUT2D eigenvalue weighted by atomic mass is 10.3. The summed E-state index contributed by atoms with van der Waals surface area (Å²) in [5, 5.41) is 0. The molecule has 0 radical (unpaired) electrons. The van der Waals surface area contributed by atoms with E-state index in [1.54, 1.807) is 30.3 Å². The maximum Gasteiger partial charge on any atom is 0.297 e. The van der Waals surface area contributed by atoms with Gasteiger partial charge in [-0.25, -0.2) is 0 Å². The van der Waals surface area contributed by atoms with Gasteiger partial charge >= 0.3 is 0 Å². The van der Waals surface area contributed by atoms with Crippen LogP contribution in [0.1, 0.15) is 0 Å². The Hall–Kier alpha value is -2.37. The summed E-state index contributed by atoms with van der Waals surface area (Å²) in [5.41, 5.74) is 6.34. The van der Waals surface area contributed by atoms with Crippen LogP contribution in [0.3, 0.4) is 0 Å². The lowest BCUT2D eigenvalue weighted by molar-refractivity contribution is -0.0240. The second-order valence-corrected chi connectivity index (χ2v) is 10.5. The molecule has 0 heterocycles. The van der Waals surface area contributed by atoms with Gasteiger partial charge in [0.1, 0.15) is 12.4 Å². The van der Waals surface area contributed by atoms with E-state index in [0.29, 0.717) is 111 Å². The molecule has 2 aromatic rings. The predicted molar refractivity (Wildman–Crippen MR) is 162 cm³/mol. The van der Waals surface area contributed by atoms with Crippen LogP contribution in [0.5, 0.6) is 5.75 Å². The molecule has 0 aliphatic rings. The van der Waals surface area contributed by atoms with Crippen molar-refractivity contribution in [3.8, 4) is 5.75 Å². The Morgan fingerprint density at radius 1 is 0.432 bits per heavy atom. The number of benzene rings is 2. The van der Waals surface area contributed by atoms with E-state index in [0.717, 1.165) is 5.75 Å². The highest BCUT2D eigenvalue weighted by Gasteiger charge is 2.13. The van der Waals surface area contributed by atoms with E-state index in [2.05, 4.69) is 0 Å². The number of nitrogens with two attached hydrogens (primary N) is 1. The lowest BCUT2D eigenvalue weighted by Gasteiger charge is -2.09. The van der Waals surface area contributed by atoms with E-state index in [1.807, 2.05) is 12.1 Å². The highest BCUT2D eigenvalue weighted by molar-refractivity contribution is 7.86. The summed E-state index contributed by atoms with van der Waals surface area (Å²) in [6.07, 6.45) is 0. The largest absolute Gasteiger partial charge is 0.491 e. The Bertz CT molecular complexity index is 1030. The first-order valence-corrected chi connectivity index (χ1v) is 16.0. The van der Waals surface area contributed by atoms with Gasteiger partial charge in [0.05, 0.1) is 117 Å². The van der Waals surface area contributed by atoms with Gasteiger partial charge in [0.2, 0.25) is 0 Å². The van der Waals surface area contributed by atoms with Gasteiger partial charge in [-0.05, 0) is 36.4 Å². The molecular weight excluding hydrogens is 598 g/mol. The third-order valence-electron chi connectivity index (χ3n) is 5.48. The SMILES string of the molecule is Nc1ccc(OCCOCCOCCOCCOCCOCCOCCOCCOCCOS(=O)(=O)c2ccccc2)cc1. The monoisotopic (exact) mass is 645 g/mol. The quantitative estimate of drug-likeness (QED) is 0.0751. The highest BCUT2D eigenvalue weighted by Crippen LogP contribution is 2.13. The minimum Gasteiger partial charge on any atom is -0.491 e. The van der Waals surface area contributed by atoms with E-state index in [9.17, 15) is 8.42 Å². The van der Waals surface area contributed by atoms with Crippen LogP contribution in [0, 0.1) is 0 Å². The van der Waals surface area contributed by atoms with Crippen LogP contribution in [0.15, 0.2) is 59.5 Å². The fourth-order valence-corrected chi connectivity index (χ4v) is 4.20. The summed E-state index contributed by atoms with van der Waals surface area (Å²) in [6.45, 7) is 7.42. The molecule has 13 nitrogen and oxygen atoms in total. The van der Waals surface area contributed by atoms with E-state index < -0.39 is 10.1 Å². The van der Waals surface area contributed by atoms with Gasteiger partial charge in [-0.3, -0.25) is 4.18 Å². The molecule has 2 aromatic carbocycles. The molecule has 14 heteroatoms. The molecule has 0 saturated heterocycles. The minimum atomic E-state index is -3.76. The van der Waals surface area contributed by atoms with Crippen molar-refractivity contribution in [2.75, 3.05) is 125 Å². The molecule has 0 saturated carbocycles. The number of hydrogen-bond acceptors (Lipinski definition) is 13. The van der Waals surface area contributed by atoms with Crippen molar-refractivity contribution >= 4 is 15.8 Å². The molecule has 0 amide bonds. The summed E-state index contributed by atoms with van der Waals surface area (Å²) < 4.78 is 77.8. The molecule has 0 unspecified atom stereocenters. The summed E-state index contributed by atoms with van der Waals surface area (Å²) in [6, 6.07) is 15.2. The first-order chi connectivity index (χ1) is 21.6. The topological polar surface area (TPSA) is 152 Å². The standard InChI is InChI=1S/C30H47NO12S/c31-28-6-8-29(9-7-28)42-26-24-40-22-20-38-18-16-36-14-12-34-10-11-35-13-15-37-17-19-39-21-23-41-25-27-43-44(32,33)30-4-2-1-3-5-30/h1-9H,10-27,31H2. The Kier molecular flexibility index (Phi) is 22.3. The Labute approximate surface area is 260 Å². The molecule has 0 atom stereocenters. The second kappa shape index (κ2) is 25.9. The van der Waals surface area contributed by atoms with Crippen LogP contribution in [0.25, 0.3) is 0 Å². The maximum absolute atomic E-state index is 12.0. The van der Waals surface area contributed by atoms with Crippen LogP contribution in [-0.4, -0.2) is 127 Å². The van der Waals surface area contributed by atoms with Crippen molar-refractivity contribution in [3.05, 3.63) is 54.6 Å². The van der Waals surface area contributed by atoms with Gasteiger partial charge in [-0.2, -0.15) is 8.42 Å². The van der Waals surface area contributed by atoms with Crippen LogP contribution in [0.4, 0.5) is 5.69 Å². The molecule has 0 aliphatic heterocycles. The fraction of sp³-hybridized carbons (Fsp3) is 0.600. The van der Waals surface area contributed by atoms with Crippen molar-refractivity contribution in [2.45, 2.75) is 4.90 Å². The Morgan fingerprint density at radius 3 is 1.16 bits per heavy atom. The van der Waals surface area contributed by atoms with Crippen molar-refractivity contribution in [1.82, 2.24) is 0 Å². The normalized spacial score (nSPS) is 11.6. The van der Waals surface area contributed by atoms with Gasteiger partial charge in [0, 0.05) is 5.69 Å². The number of nitrogen functional groups attached to an aromatic ring is 1. The number of anilines is 1. The second-order valence-electron chi connectivity index (χ2n) is 8.91. The van der Waals surface area contributed by atoms with Gasteiger partial charge in [0.25, 0.3) is 10.1 Å². The van der Waals surface area contributed by atoms with Gasteiger partial charge in [0.15, 0.2) is 0 Å². The molecule has 250 valence electrons. The van der Waals surface area contributed by atoms with Crippen LogP contribution in [-0.2, 0) is 52.2 Å². The van der Waals surface area contributed by atoms with Crippen molar-refractivity contribution in [2.24, 2.45) is 0 Å². The van der Waals surface area contributed by atoms with Gasteiger partial charge in [-0.1, -0.05) is 18.2 Å². The molecule has 2 N–H and O–H groups in total. The van der Waals surface area contributed by atoms with Gasteiger partial charge < -0.3 is 48.4 Å². The van der Waals surface area contributed by atoms with E-state index in [1.165, 1.54) is 12.1 Å². The van der Waals surface area contributed by atoms with E-state index in [-0.39, 0.29) is 18.1 Å². The molecular formula is C30H47NO12S. The number of hydrogen-bond donors (Lipinski definition) is 1. The maximum atomic E-state index is 12.0. The molecule has 0 aromatic heterocycles. The summed E-state index contributed by atoms with van der Waals surface area (Å²) in [4.78, 5) is 0.120. The summed E-state index contributed by atoms with van der Waals surface area (Å²) >= 11 is 0. The fourth-order valence-electron chi connectivity index (χ4n) is 3.28. The summed E-state index contributed by atoms with van der Waals surface area (Å²) in [5.74, 6) is 0.764. The molecule has 0 fully saturated rings. The molecule has 44 heavy (non-hydrogen) atoms. The Morgan fingerprint density at radius 2 is 0.773 bits per heavy atom. The average Bonchev–Trinajstić information content (AvgIpc) is 3.03. The lowest BCUT2D eigenvalue weighted by Crippen LogP contribution is -2.15. The van der Waals surface area contributed by atoms with Gasteiger partial charge in [-0.15, -0.1) is 0 Å². The van der Waals surface area contributed by atoms with Crippen molar-refractivity contribution < 1.29 is 55.2 Å². The number of ether oxygens (including phenoxy) is 9. The summed E-state index contributed by atoms with van der Waals surface area (Å²) in [7, 11) is -3.76. The third-order valence-corrected chi connectivity index (χ3v) is 6.81. The van der Waals surface area contributed by atoms with E-state index in [4.69, 9.17) is 52.5 Å². The zero-order valence-corrected chi connectivity index (χ0v) is 26.1. The zero-order valence-electron chi connectivity index (χ0n) is 25.3. The smallest absolute Gasteiger partial charge is 0.297 e. The number of rotatable bonds is 30. The first-order valence-electron chi connectivity index (χ1n) is 14.6. The van der Waals surface area contributed by atoms with Crippen molar-refractivity contribution in [3.63, 3.8) is 0 Å². The minimum absolute atomic E-state index is 0.0584. The third kappa shape index (κ3) is 20.6. The van der Waals surface area contributed by atoms with Crippen LogP contribution >= 0.6 is 0 Å². The van der Waals surface area contributed by atoms with Crippen LogP contribution in [0.2, 0.25) is 0 Å². The molecule has 2 rings (SSSR count). The van der Waals surface area contributed by atoms with E-state index >= 15 is 0 Å². The van der Waals surface area contributed by atoms with Crippen LogP contribution < -0.4 is 10.5 Å². The molecule has 0 bridgehead atoms. The van der Waals surface area contributed by atoms with Crippen molar-refractivity contribution in [1.29, 1.82) is 0 Å². The average molecular weight is 646 g/mol.